The van der Waals surface area contributed by atoms with Crippen molar-refractivity contribution in [2.24, 2.45) is 0 Å². The summed E-state index contributed by atoms with van der Waals surface area (Å²) < 4.78 is 30.4. The standard InChI is InChI=1S/C21H45NO4S/c1-4-5-6-7-8-9-10-11-12-13-14-15-16-17-19-22(23)20-18-21(2,3)27(24,25)26/h23H,4-20H2,1-3H3,(H,24,25,26). The molecule has 2 N–H and O–H groups in total. The van der Waals surface area contributed by atoms with Crippen LogP contribution < -0.4 is 0 Å². The molecule has 0 atom stereocenters. The van der Waals surface area contributed by atoms with Crippen LogP contribution in [0.4, 0.5) is 0 Å². The Morgan fingerprint density at radius 3 is 1.44 bits per heavy atom. The van der Waals surface area contributed by atoms with Gasteiger partial charge in [0.05, 0.1) is 4.75 Å². The number of nitrogens with zero attached hydrogens (tertiary/aromatic N) is 1. The summed E-state index contributed by atoms with van der Waals surface area (Å²) in [4.78, 5) is 0. The summed E-state index contributed by atoms with van der Waals surface area (Å²) in [5, 5.41) is 11.0. The maximum Gasteiger partial charge on any atom is 0.270 e. The topological polar surface area (TPSA) is 77.8 Å². The molecule has 5 nitrogen and oxygen atoms in total. The van der Waals surface area contributed by atoms with Gasteiger partial charge in [-0.15, -0.1) is 0 Å². The minimum absolute atomic E-state index is 0.209. The molecule has 0 unspecified atom stereocenters. The van der Waals surface area contributed by atoms with E-state index in [0.717, 1.165) is 12.8 Å². The van der Waals surface area contributed by atoms with Gasteiger partial charge >= 0.3 is 0 Å². The van der Waals surface area contributed by atoms with Crippen LogP contribution in [-0.4, -0.2) is 41.1 Å². The van der Waals surface area contributed by atoms with Gasteiger partial charge in [-0.1, -0.05) is 90.4 Å². The van der Waals surface area contributed by atoms with Crippen molar-refractivity contribution >= 4 is 10.1 Å². The van der Waals surface area contributed by atoms with Crippen LogP contribution in [0.25, 0.3) is 0 Å². The Kier molecular flexibility index (Phi) is 15.6. The fourth-order valence-corrected chi connectivity index (χ4v) is 3.48. The van der Waals surface area contributed by atoms with E-state index in [4.69, 9.17) is 4.55 Å². The zero-order valence-corrected chi connectivity index (χ0v) is 18.9. The zero-order valence-electron chi connectivity index (χ0n) is 18.1. The molecule has 0 saturated carbocycles. The van der Waals surface area contributed by atoms with Crippen LogP contribution in [-0.2, 0) is 10.1 Å². The number of hydrogen-bond donors (Lipinski definition) is 2. The molecule has 0 aromatic carbocycles. The molecule has 0 aromatic rings. The number of unbranched alkanes of at least 4 members (excludes halogenated alkanes) is 13. The maximum atomic E-state index is 11.2. The van der Waals surface area contributed by atoms with E-state index >= 15 is 0 Å². The van der Waals surface area contributed by atoms with E-state index in [1.54, 1.807) is 0 Å². The van der Waals surface area contributed by atoms with Gasteiger partial charge in [0.2, 0.25) is 0 Å². The fraction of sp³-hybridized carbons (Fsp3) is 1.00. The van der Waals surface area contributed by atoms with Crippen LogP contribution in [0.3, 0.4) is 0 Å². The molecule has 0 aliphatic carbocycles. The Morgan fingerprint density at radius 1 is 0.704 bits per heavy atom. The van der Waals surface area contributed by atoms with Crippen LogP contribution in [0, 0.1) is 0 Å². The van der Waals surface area contributed by atoms with Crippen LogP contribution >= 0.6 is 0 Å². The molecular weight excluding hydrogens is 362 g/mol. The Morgan fingerprint density at radius 2 is 1.07 bits per heavy atom. The lowest BCUT2D eigenvalue weighted by Gasteiger charge is -2.23. The van der Waals surface area contributed by atoms with Crippen LogP contribution in [0.15, 0.2) is 0 Å². The van der Waals surface area contributed by atoms with Crippen LogP contribution in [0.1, 0.15) is 117 Å². The number of hydroxylamine groups is 2. The van der Waals surface area contributed by atoms with Gasteiger partial charge in [-0.25, -0.2) is 0 Å². The molecule has 6 heteroatoms. The molecule has 0 heterocycles. The van der Waals surface area contributed by atoms with E-state index in [1.165, 1.54) is 96.0 Å². The molecule has 0 spiro atoms. The highest BCUT2D eigenvalue weighted by atomic mass is 32.2. The Balaban J connectivity index is 3.39. The highest BCUT2D eigenvalue weighted by molar-refractivity contribution is 7.87. The van der Waals surface area contributed by atoms with Crippen molar-refractivity contribution in [3.05, 3.63) is 0 Å². The molecule has 0 saturated heterocycles. The van der Waals surface area contributed by atoms with Crippen LogP contribution in [0.5, 0.6) is 0 Å². The van der Waals surface area contributed by atoms with Gasteiger partial charge in [-0.2, -0.15) is 13.5 Å². The van der Waals surface area contributed by atoms with Crippen molar-refractivity contribution in [3.63, 3.8) is 0 Å². The maximum absolute atomic E-state index is 11.2. The van der Waals surface area contributed by atoms with E-state index in [9.17, 15) is 13.6 Å². The summed E-state index contributed by atoms with van der Waals surface area (Å²) in [7, 11) is -4.09. The normalized spacial score (nSPS) is 12.8. The molecule has 164 valence electrons. The Bertz CT molecular complexity index is 437. The van der Waals surface area contributed by atoms with Gasteiger partial charge in [0.1, 0.15) is 0 Å². The van der Waals surface area contributed by atoms with Crippen molar-refractivity contribution in [3.8, 4) is 0 Å². The van der Waals surface area contributed by atoms with Gasteiger partial charge in [-0.05, 0) is 26.7 Å². The Labute approximate surface area is 168 Å². The molecule has 0 amide bonds. The number of hydrogen-bond acceptors (Lipinski definition) is 4. The second-order valence-corrected chi connectivity index (χ2v) is 10.6. The first kappa shape index (κ1) is 26.8. The first-order chi connectivity index (χ1) is 12.7. The summed E-state index contributed by atoms with van der Waals surface area (Å²) in [6.07, 6.45) is 18.4. The van der Waals surface area contributed by atoms with Crippen molar-refractivity contribution < 1.29 is 18.2 Å². The third kappa shape index (κ3) is 15.4. The predicted octanol–water partition coefficient (Wildman–Crippen LogP) is 6.22. The summed E-state index contributed by atoms with van der Waals surface area (Å²) in [6.45, 7) is 6.02. The van der Waals surface area contributed by atoms with Crippen molar-refractivity contribution in [1.82, 2.24) is 5.06 Å². The highest BCUT2D eigenvalue weighted by Crippen LogP contribution is 2.19. The van der Waals surface area contributed by atoms with Gasteiger partial charge < -0.3 is 5.21 Å². The fourth-order valence-electron chi connectivity index (χ4n) is 3.13. The lowest BCUT2D eigenvalue weighted by Crippen LogP contribution is -2.36. The lowest BCUT2D eigenvalue weighted by atomic mass is 10.0. The van der Waals surface area contributed by atoms with E-state index in [-0.39, 0.29) is 13.0 Å². The SMILES string of the molecule is CCCCCCCCCCCCCCCCN(O)CCC(C)(C)S(=O)(=O)O. The third-order valence-electron chi connectivity index (χ3n) is 5.44. The summed E-state index contributed by atoms with van der Waals surface area (Å²) in [5.74, 6) is 0. The van der Waals surface area contributed by atoms with Gasteiger partial charge in [0.15, 0.2) is 0 Å². The average Bonchev–Trinajstić information content (AvgIpc) is 2.59. The molecule has 0 radical (unpaired) electrons. The zero-order chi connectivity index (χ0) is 20.6. The molecule has 0 rings (SSSR count). The summed E-state index contributed by atoms with van der Waals surface area (Å²) in [5.41, 5.74) is 0. The molecule has 0 aromatic heterocycles. The first-order valence-corrected chi connectivity index (χ1v) is 12.6. The van der Waals surface area contributed by atoms with E-state index < -0.39 is 14.9 Å². The van der Waals surface area contributed by atoms with Gasteiger partial charge in [-0.3, -0.25) is 4.55 Å². The molecule has 0 aliphatic heterocycles. The van der Waals surface area contributed by atoms with E-state index in [1.807, 2.05) is 0 Å². The largest absolute Gasteiger partial charge is 0.314 e. The monoisotopic (exact) mass is 407 g/mol. The summed E-state index contributed by atoms with van der Waals surface area (Å²) >= 11 is 0. The Hall–Kier alpha value is -0.170. The average molecular weight is 408 g/mol. The molecule has 0 bridgehead atoms. The molecule has 0 aliphatic rings. The lowest BCUT2D eigenvalue weighted by molar-refractivity contribution is -0.0935. The number of rotatable bonds is 19. The molecule has 0 fully saturated rings. The summed E-state index contributed by atoms with van der Waals surface area (Å²) in [6, 6.07) is 0. The molecule has 27 heavy (non-hydrogen) atoms. The van der Waals surface area contributed by atoms with Crippen molar-refractivity contribution in [1.29, 1.82) is 0 Å². The van der Waals surface area contributed by atoms with E-state index in [2.05, 4.69) is 6.92 Å². The minimum atomic E-state index is -4.09. The van der Waals surface area contributed by atoms with Gasteiger partial charge in [0, 0.05) is 13.1 Å². The van der Waals surface area contributed by atoms with Crippen molar-refractivity contribution in [2.75, 3.05) is 13.1 Å². The highest BCUT2D eigenvalue weighted by Gasteiger charge is 2.32. The van der Waals surface area contributed by atoms with Crippen molar-refractivity contribution in [2.45, 2.75) is 122 Å². The smallest absolute Gasteiger partial charge is 0.270 e. The second kappa shape index (κ2) is 15.7. The van der Waals surface area contributed by atoms with Crippen LogP contribution in [0.2, 0.25) is 0 Å². The van der Waals surface area contributed by atoms with E-state index in [0.29, 0.717) is 6.54 Å². The minimum Gasteiger partial charge on any atom is -0.314 e. The van der Waals surface area contributed by atoms with Gasteiger partial charge in [0.25, 0.3) is 10.1 Å². The quantitative estimate of drug-likeness (QED) is 0.151. The third-order valence-corrected chi connectivity index (χ3v) is 7.04. The second-order valence-electron chi connectivity index (χ2n) is 8.53. The molecular formula is C21H45NO4S. The first-order valence-electron chi connectivity index (χ1n) is 11.1. The predicted molar refractivity (Wildman–Crippen MR) is 114 cm³/mol.